The predicted molar refractivity (Wildman–Crippen MR) is 137 cm³/mol. The standard InChI is InChI=1S/C16H14ClN3O3.C10H21NO/c17-14-6-12(10-22)8-19-16(14)20-9-13-5-11(7-18)1-2-15(13)23-4-3-21;1-11-8-10-4-2-9(3-5-10)6-7-12/h1-2,5-6,8,10,21H,3-4,9H2,(H,19,20);9-12H,2-8H2,1H3. The average molecular weight is 503 g/mol. The Bertz CT molecular complexity index is 945. The average Bonchev–Trinajstić information content (AvgIpc) is 2.88. The number of rotatable bonds is 11. The summed E-state index contributed by atoms with van der Waals surface area (Å²) in [6.45, 7) is 1.93. The van der Waals surface area contributed by atoms with Crippen LogP contribution in [0.1, 0.15) is 53.6 Å². The monoisotopic (exact) mass is 502 g/mol. The van der Waals surface area contributed by atoms with E-state index in [-0.39, 0.29) is 13.2 Å². The number of pyridine rings is 1. The predicted octanol–water partition coefficient (Wildman–Crippen LogP) is 3.80. The van der Waals surface area contributed by atoms with Crippen molar-refractivity contribution >= 4 is 23.7 Å². The number of hydrogen-bond acceptors (Lipinski definition) is 8. The lowest BCUT2D eigenvalue weighted by Crippen LogP contribution is -2.24. The third kappa shape index (κ3) is 9.82. The zero-order chi connectivity index (χ0) is 25.5. The summed E-state index contributed by atoms with van der Waals surface area (Å²) in [6, 6.07) is 8.58. The highest BCUT2D eigenvalue weighted by atomic mass is 35.5. The van der Waals surface area contributed by atoms with Crippen molar-refractivity contribution in [2.75, 3.05) is 38.7 Å². The molecule has 0 unspecified atom stereocenters. The molecule has 190 valence electrons. The molecule has 35 heavy (non-hydrogen) atoms. The number of aromatic nitrogens is 1. The number of aldehydes is 1. The molecule has 1 fully saturated rings. The Morgan fingerprint density at radius 1 is 1.20 bits per heavy atom. The molecule has 0 radical (unpaired) electrons. The van der Waals surface area contributed by atoms with Gasteiger partial charge in [-0.25, -0.2) is 4.98 Å². The summed E-state index contributed by atoms with van der Waals surface area (Å²) in [5, 5.41) is 33.2. The largest absolute Gasteiger partial charge is 0.491 e. The Kier molecular flexibility index (Phi) is 13.1. The van der Waals surface area contributed by atoms with Gasteiger partial charge in [0.15, 0.2) is 6.29 Å². The van der Waals surface area contributed by atoms with Crippen LogP contribution in [-0.2, 0) is 6.54 Å². The molecule has 0 bridgehead atoms. The lowest BCUT2D eigenvalue weighted by Gasteiger charge is -2.27. The molecule has 1 aromatic carbocycles. The van der Waals surface area contributed by atoms with Gasteiger partial charge in [0.25, 0.3) is 0 Å². The molecular weight excluding hydrogens is 468 g/mol. The van der Waals surface area contributed by atoms with E-state index < -0.39 is 0 Å². The first kappa shape index (κ1) is 28.5. The van der Waals surface area contributed by atoms with Gasteiger partial charge in [0.1, 0.15) is 18.2 Å². The number of hydrogen-bond donors (Lipinski definition) is 4. The van der Waals surface area contributed by atoms with E-state index in [1.807, 2.05) is 7.05 Å². The first-order valence-corrected chi connectivity index (χ1v) is 12.3. The van der Waals surface area contributed by atoms with E-state index in [4.69, 9.17) is 31.8 Å². The van der Waals surface area contributed by atoms with Gasteiger partial charge in [0.05, 0.1) is 23.3 Å². The topological polar surface area (TPSA) is 128 Å². The van der Waals surface area contributed by atoms with E-state index >= 15 is 0 Å². The third-order valence-electron chi connectivity index (χ3n) is 5.98. The number of anilines is 1. The summed E-state index contributed by atoms with van der Waals surface area (Å²) in [4.78, 5) is 14.8. The number of nitrogens with zero attached hydrogens (tertiary/aromatic N) is 2. The van der Waals surface area contributed by atoms with E-state index in [2.05, 4.69) is 21.7 Å². The molecule has 4 N–H and O–H groups in total. The summed E-state index contributed by atoms with van der Waals surface area (Å²) in [7, 11) is 2.03. The number of aliphatic hydroxyl groups excluding tert-OH is 2. The Morgan fingerprint density at radius 3 is 2.54 bits per heavy atom. The molecule has 8 nitrogen and oxygen atoms in total. The van der Waals surface area contributed by atoms with Crippen molar-refractivity contribution in [1.82, 2.24) is 10.3 Å². The Hall–Kier alpha value is -2.70. The summed E-state index contributed by atoms with van der Waals surface area (Å²) in [5.74, 6) is 2.69. The van der Waals surface area contributed by atoms with Crippen LogP contribution in [0, 0.1) is 23.2 Å². The van der Waals surface area contributed by atoms with Gasteiger partial charge in [0.2, 0.25) is 0 Å². The van der Waals surface area contributed by atoms with Gasteiger partial charge in [-0.2, -0.15) is 5.26 Å². The van der Waals surface area contributed by atoms with Crippen molar-refractivity contribution < 1.29 is 19.7 Å². The quantitative estimate of drug-likeness (QED) is 0.342. The number of ether oxygens (including phenoxy) is 1. The van der Waals surface area contributed by atoms with Gasteiger partial charge < -0.3 is 25.6 Å². The van der Waals surface area contributed by atoms with Crippen molar-refractivity contribution in [1.29, 1.82) is 5.26 Å². The third-order valence-corrected chi connectivity index (χ3v) is 6.27. The van der Waals surface area contributed by atoms with E-state index in [0.29, 0.717) is 47.2 Å². The maximum absolute atomic E-state index is 10.7. The van der Waals surface area contributed by atoms with Gasteiger partial charge in [0, 0.05) is 30.5 Å². The van der Waals surface area contributed by atoms with Crippen LogP contribution in [0.3, 0.4) is 0 Å². The molecule has 3 rings (SSSR count). The van der Waals surface area contributed by atoms with Crippen LogP contribution in [0.15, 0.2) is 30.5 Å². The van der Waals surface area contributed by atoms with Crippen molar-refractivity contribution in [2.45, 2.75) is 38.6 Å². The molecule has 1 aliphatic rings. The number of aliphatic hydroxyl groups is 2. The van der Waals surface area contributed by atoms with Gasteiger partial charge >= 0.3 is 0 Å². The van der Waals surface area contributed by atoms with Crippen LogP contribution >= 0.6 is 11.6 Å². The summed E-state index contributed by atoms with van der Waals surface area (Å²) in [5.41, 5.74) is 1.61. The molecule has 0 saturated heterocycles. The number of carbonyl (C=O) groups excluding carboxylic acids is 1. The molecule has 1 saturated carbocycles. The van der Waals surface area contributed by atoms with Crippen LogP contribution in [0.4, 0.5) is 5.82 Å². The fourth-order valence-corrected chi connectivity index (χ4v) is 4.35. The minimum Gasteiger partial charge on any atom is -0.491 e. The fourth-order valence-electron chi connectivity index (χ4n) is 4.11. The highest BCUT2D eigenvalue weighted by Gasteiger charge is 2.19. The van der Waals surface area contributed by atoms with E-state index in [9.17, 15) is 4.79 Å². The second kappa shape index (κ2) is 16.1. The lowest BCUT2D eigenvalue weighted by molar-refractivity contribution is 0.112. The van der Waals surface area contributed by atoms with E-state index in [0.717, 1.165) is 23.8 Å². The second-order valence-electron chi connectivity index (χ2n) is 8.53. The molecule has 9 heteroatoms. The van der Waals surface area contributed by atoms with Crippen molar-refractivity contribution in [3.05, 3.63) is 52.2 Å². The molecule has 1 aliphatic carbocycles. The minimum atomic E-state index is -0.104. The second-order valence-corrected chi connectivity index (χ2v) is 8.94. The smallest absolute Gasteiger partial charge is 0.151 e. The summed E-state index contributed by atoms with van der Waals surface area (Å²) >= 11 is 6.06. The molecule has 0 amide bonds. The lowest BCUT2D eigenvalue weighted by atomic mass is 9.81. The number of benzene rings is 1. The Balaban J connectivity index is 0.000000303. The highest BCUT2D eigenvalue weighted by molar-refractivity contribution is 6.33. The van der Waals surface area contributed by atoms with Gasteiger partial charge in [-0.05, 0) is 69.0 Å². The number of nitrogens with one attached hydrogen (secondary N) is 2. The van der Waals surface area contributed by atoms with Gasteiger partial charge in [-0.3, -0.25) is 4.79 Å². The Morgan fingerprint density at radius 2 is 1.94 bits per heavy atom. The molecular formula is C26H35ClN4O4. The molecule has 0 atom stereocenters. The molecule has 1 aromatic heterocycles. The maximum atomic E-state index is 10.7. The first-order valence-electron chi connectivity index (χ1n) is 11.9. The van der Waals surface area contributed by atoms with Gasteiger partial charge in [-0.1, -0.05) is 24.4 Å². The summed E-state index contributed by atoms with van der Waals surface area (Å²) in [6.07, 6.45) is 8.46. The van der Waals surface area contributed by atoms with Crippen LogP contribution in [0.2, 0.25) is 5.02 Å². The molecule has 0 aliphatic heterocycles. The zero-order valence-corrected chi connectivity index (χ0v) is 20.9. The van der Waals surface area contributed by atoms with Crippen LogP contribution in [-0.4, -0.2) is 54.9 Å². The fraction of sp³-hybridized carbons (Fsp3) is 0.500. The zero-order valence-electron chi connectivity index (χ0n) is 20.2. The van der Waals surface area contributed by atoms with E-state index in [1.54, 1.807) is 18.2 Å². The Labute approximate surface area is 212 Å². The van der Waals surface area contributed by atoms with Crippen LogP contribution in [0.5, 0.6) is 5.75 Å². The van der Waals surface area contributed by atoms with Crippen molar-refractivity contribution in [2.24, 2.45) is 11.8 Å². The molecule has 0 spiro atoms. The number of nitriles is 1. The van der Waals surface area contributed by atoms with Crippen LogP contribution < -0.4 is 15.4 Å². The van der Waals surface area contributed by atoms with Crippen molar-refractivity contribution in [3.8, 4) is 11.8 Å². The highest BCUT2D eigenvalue weighted by Crippen LogP contribution is 2.30. The van der Waals surface area contributed by atoms with E-state index in [1.165, 1.54) is 44.5 Å². The maximum Gasteiger partial charge on any atom is 0.151 e. The normalized spacial score (nSPS) is 17.0. The van der Waals surface area contributed by atoms with Crippen molar-refractivity contribution in [3.63, 3.8) is 0 Å². The van der Waals surface area contributed by atoms with Gasteiger partial charge in [-0.15, -0.1) is 0 Å². The first-order chi connectivity index (χ1) is 17.0. The number of halogens is 1. The molecule has 2 aromatic rings. The molecule has 1 heterocycles. The van der Waals surface area contributed by atoms with Crippen LogP contribution in [0.25, 0.3) is 0 Å². The SMILES string of the molecule is CNCC1CCC(CCO)CC1.N#Cc1ccc(OCCO)c(CNc2ncc(C=O)cc2Cl)c1. The number of carbonyl (C=O) groups is 1. The minimum absolute atomic E-state index is 0.104. The summed E-state index contributed by atoms with van der Waals surface area (Å²) < 4.78 is 5.44.